The second-order valence-electron chi connectivity index (χ2n) is 6.04. The minimum Gasteiger partial charge on any atom is -0.478 e. The Labute approximate surface area is 159 Å². The number of benzene rings is 2. The molecular formula is C19H15N3O6. The number of non-ortho nitro benzene ring substituents is 1. The van der Waals surface area contributed by atoms with Gasteiger partial charge in [-0.3, -0.25) is 19.7 Å². The molecule has 9 nitrogen and oxygen atoms in total. The maximum absolute atomic E-state index is 12.7. The van der Waals surface area contributed by atoms with E-state index in [2.05, 4.69) is 5.32 Å². The van der Waals surface area contributed by atoms with Crippen LogP contribution in [0.1, 0.15) is 12.0 Å². The van der Waals surface area contributed by atoms with E-state index in [1.54, 1.807) is 24.3 Å². The van der Waals surface area contributed by atoms with Crippen molar-refractivity contribution in [1.29, 1.82) is 0 Å². The van der Waals surface area contributed by atoms with Crippen molar-refractivity contribution in [1.82, 2.24) is 0 Å². The lowest BCUT2D eigenvalue weighted by atomic mass is 10.1. The van der Waals surface area contributed by atoms with Gasteiger partial charge in [0.25, 0.3) is 11.6 Å². The van der Waals surface area contributed by atoms with Crippen molar-refractivity contribution in [3.05, 3.63) is 70.3 Å². The molecule has 0 aromatic heterocycles. The van der Waals surface area contributed by atoms with E-state index >= 15 is 0 Å². The Bertz CT molecular complexity index is 983. The molecule has 2 aromatic rings. The first kappa shape index (κ1) is 18.8. The summed E-state index contributed by atoms with van der Waals surface area (Å²) in [6.07, 6.45) is 2.35. The summed E-state index contributed by atoms with van der Waals surface area (Å²) < 4.78 is 0. The highest BCUT2D eigenvalue weighted by Crippen LogP contribution is 2.27. The third-order valence-corrected chi connectivity index (χ3v) is 4.11. The number of carboxylic acids is 1. The number of hydrogen-bond donors (Lipinski definition) is 2. The van der Waals surface area contributed by atoms with Crippen molar-refractivity contribution in [3.63, 3.8) is 0 Å². The van der Waals surface area contributed by atoms with E-state index in [9.17, 15) is 24.5 Å². The fourth-order valence-electron chi connectivity index (χ4n) is 2.84. The average molecular weight is 381 g/mol. The van der Waals surface area contributed by atoms with E-state index in [-0.39, 0.29) is 17.8 Å². The number of nitro groups is 1. The predicted octanol–water partition coefficient (Wildman–Crippen LogP) is 2.44. The highest BCUT2D eigenvalue weighted by atomic mass is 16.6. The van der Waals surface area contributed by atoms with Gasteiger partial charge in [0.15, 0.2) is 0 Å². The Kier molecular flexibility index (Phi) is 5.16. The zero-order valence-electron chi connectivity index (χ0n) is 14.4. The SMILES string of the molecule is O=C(O)/C=C/c1cccc(NC2CC(=O)N(c3ccc([N+](=O)[O-])cc3)C2=O)c1. The van der Waals surface area contributed by atoms with Crippen molar-refractivity contribution in [3.8, 4) is 0 Å². The number of carbonyl (C=O) groups excluding carboxylic acids is 2. The normalized spacial score (nSPS) is 16.6. The van der Waals surface area contributed by atoms with Gasteiger partial charge < -0.3 is 10.4 Å². The number of nitrogens with one attached hydrogen (secondary N) is 1. The molecule has 2 aromatic carbocycles. The summed E-state index contributed by atoms with van der Waals surface area (Å²) in [5, 5.41) is 22.4. The molecule has 1 unspecified atom stereocenters. The van der Waals surface area contributed by atoms with Gasteiger partial charge in [0, 0.05) is 23.9 Å². The number of rotatable bonds is 6. The van der Waals surface area contributed by atoms with Gasteiger partial charge in [0.05, 0.1) is 17.0 Å². The summed E-state index contributed by atoms with van der Waals surface area (Å²) in [4.78, 5) is 46.8. The van der Waals surface area contributed by atoms with Crippen LogP contribution in [0.2, 0.25) is 0 Å². The van der Waals surface area contributed by atoms with Crippen LogP contribution in [0.5, 0.6) is 0 Å². The first-order valence-corrected chi connectivity index (χ1v) is 8.24. The van der Waals surface area contributed by atoms with Gasteiger partial charge in [-0.15, -0.1) is 0 Å². The fourth-order valence-corrected chi connectivity index (χ4v) is 2.84. The maximum atomic E-state index is 12.7. The Morgan fingerprint density at radius 1 is 1.21 bits per heavy atom. The third-order valence-electron chi connectivity index (χ3n) is 4.11. The van der Waals surface area contributed by atoms with Crippen LogP contribution in [0.25, 0.3) is 6.08 Å². The van der Waals surface area contributed by atoms with E-state index in [1.807, 2.05) is 0 Å². The van der Waals surface area contributed by atoms with Gasteiger partial charge in [-0.1, -0.05) is 12.1 Å². The number of carboxylic acid groups (broad SMARTS) is 1. The van der Waals surface area contributed by atoms with Gasteiger partial charge in [-0.05, 0) is 35.9 Å². The van der Waals surface area contributed by atoms with Gasteiger partial charge in [0.1, 0.15) is 6.04 Å². The fraction of sp³-hybridized carbons (Fsp3) is 0.105. The van der Waals surface area contributed by atoms with Gasteiger partial charge in [-0.25, -0.2) is 9.69 Å². The monoisotopic (exact) mass is 381 g/mol. The highest BCUT2D eigenvalue weighted by molar-refractivity contribution is 6.23. The molecule has 1 fully saturated rings. The number of nitrogens with zero attached hydrogens (tertiary/aromatic N) is 2. The average Bonchev–Trinajstić information content (AvgIpc) is 2.93. The lowest BCUT2D eigenvalue weighted by Crippen LogP contribution is -2.34. The van der Waals surface area contributed by atoms with Gasteiger partial charge in [0.2, 0.25) is 5.91 Å². The predicted molar refractivity (Wildman–Crippen MR) is 101 cm³/mol. The first-order valence-electron chi connectivity index (χ1n) is 8.24. The number of aliphatic carboxylic acids is 1. The Hall–Kier alpha value is -4.01. The van der Waals surface area contributed by atoms with Crippen LogP contribution < -0.4 is 10.2 Å². The van der Waals surface area contributed by atoms with Gasteiger partial charge in [-0.2, -0.15) is 0 Å². The van der Waals surface area contributed by atoms with E-state index in [0.717, 1.165) is 11.0 Å². The van der Waals surface area contributed by atoms with Crippen LogP contribution >= 0.6 is 0 Å². The van der Waals surface area contributed by atoms with E-state index in [1.165, 1.54) is 30.3 Å². The maximum Gasteiger partial charge on any atom is 0.328 e. The van der Waals surface area contributed by atoms with E-state index in [0.29, 0.717) is 11.3 Å². The van der Waals surface area contributed by atoms with Crippen molar-refractivity contribution in [2.45, 2.75) is 12.5 Å². The molecule has 1 aliphatic heterocycles. The van der Waals surface area contributed by atoms with Crippen LogP contribution in [0, 0.1) is 10.1 Å². The zero-order chi connectivity index (χ0) is 20.3. The quantitative estimate of drug-likeness (QED) is 0.340. The standard InChI is InChI=1S/C19H15N3O6/c23-17-11-16(20-13-3-1-2-12(10-13)4-9-18(24)25)19(26)21(17)14-5-7-15(8-6-14)22(27)28/h1-10,16,20H,11H2,(H,24,25)/b9-4+. The second kappa shape index (κ2) is 7.70. The molecule has 1 atom stereocenters. The minimum atomic E-state index is -1.08. The molecule has 0 bridgehead atoms. The van der Waals surface area contributed by atoms with Gasteiger partial charge >= 0.3 is 5.97 Å². The summed E-state index contributed by atoms with van der Waals surface area (Å²) >= 11 is 0. The van der Waals surface area contributed by atoms with Crippen LogP contribution in [0.3, 0.4) is 0 Å². The molecule has 2 amide bonds. The largest absolute Gasteiger partial charge is 0.478 e. The Morgan fingerprint density at radius 2 is 1.93 bits per heavy atom. The smallest absolute Gasteiger partial charge is 0.328 e. The topological polar surface area (TPSA) is 130 Å². The number of carbonyl (C=O) groups is 3. The van der Waals surface area contributed by atoms with Crippen LogP contribution in [-0.4, -0.2) is 33.9 Å². The molecule has 1 saturated heterocycles. The van der Waals surface area contributed by atoms with Crippen LogP contribution in [0.15, 0.2) is 54.6 Å². The Balaban J connectivity index is 1.76. The molecule has 1 heterocycles. The van der Waals surface area contributed by atoms with Crippen molar-refractivity contribution >= 4 is 40.9 Å². The molecule has 0 spiro atoms. The summed E-state index contributed by atoms with van der Waals surface area (Å²) in [6, 6.07) is 11.1. The summed E-state index contributed by atoms with van der Waals surface area (Å²) in [7, 11) is 0. The minimum absolute atomic E-state index is 0.0645. The molecular weight excluding hydrogens is 366 g/mol. The first-order chi connectivity index (χ1) is 13.3. The number of nitro benzene ring substituents is 1. The zero-order valence-corrected chi connectivity index (χ0v) is 14.4. The number of hydrogen-bond acceptors (Lipinski definition) is 6. The molecule has 0 radical (unpaired) electrons. The molecule has 142 valence electrons. The summed E-state index contributed by atoms with van der Waals surface area (Å²) in [5.41, 5.74) is 1.31. The molecule has 9 heteroatoms. The number of imide groups is 1. The van der Waals surface area contributed by atoms with E-state index in [4.69, 9.17) is 5.11 Å². The lowest BCUT2D eigenvalue weighted by Gasteiger charge is -2.16. The molecule has 3 rings (SSSR count). The summed E-state index contributed by atoms with van der Waals surface area (Å²) in [6.45, 7) is 0. The molecule has 0 saturated carbocycles. The molecule has 2 N–H and O–H groups in total. The Morgan fingerprint density at radius 3 is 2.57 bits per heavy atom. The van der Waals surface area contributed by atoms with Crippen LogP contribution in [0.4, 0.5) is 17.1 Å². The number of amides is 2. The molecule has 1 aliphatic rings. The van der Waals surface area contributed by atoms with Crippen LogP contribution in [-0.2, 0) is 14.4 Å². The second-order valence-corrected chi connectivity index (χ2v) is 6.04. The van der Waals surface area contributed by atoms with Crippen molar-refractivity contribution in [2.75, 3.05) is 10.2 Å². The van der Waals surface area contributed by atoms with E-state index < -0.39 is 28.7 Å². The van der Waals surface area contributed by atoms with Crippen molar-refractivity contribution < 1.29 is 24.4 Å². The molecule has 28 heavy (non-hydrogen) atoms. The highest BCUT2D eigenvalue weighted by Gasteiger charge is 2.39. The summed E-state index contributed by atoms with van der Waals surface area (Å²) in [5.74, 6) is -1.96. The third kappa shape index (κ3) is 4.04. The van der Waals surface area contributed by atoms with Crippen molar-refractivity contribution in [2.24, 2.45) is 0 Å². The molecule has 0 aliphatic carbocycles. The lowest BCUT2D eigenvalue weighted by molar-refractivity contribution is -0.384. The number of anilines is 2.